The molecule has 12 aromatic rings. The zero-order valence-corrected chi connectivity index (χ0v) is 40.1. The zero-order chi connectivity index (χ0) is 46.7. The van der Waals surface area contributed by atoms with E-state index < -0.39 is 0 Å². The first-order valence-electron chi connectivity index (χ1n) is 24.9. The Kier molecular flexibility index (Phi) is 9.67. The Morgan fingerprint density at radius 3 is 1.26 bits per heavy atom. The second kappa shape index (κ2) is 16.0. The molecule has 0 N–H and O–H groups in total. The van der Waals surface area contributed by atoms with E-state index >= 15 is 0 Å². The van der Waals surface area contributed by atoms with Crippen LogP contribution in [0.15, 0.2) is 188 Å². The van der Waals surface area contributed by atoms with E-state index in [1.165, 1.54) is 114 Å². The first-order valence-corrected chi connectivity index (χ1v) is 24.9. The third-order valence-corrected chi connectivity index (χ3v) is 15.4. The van der Waals surface area contributed by atoms with Gasteiger partial charge in [-0.25, -0.2) is 0 Å². The molecule has 4 heteroatoms. The second-order valence-corrected chi connectivity index (χ2v) is 20.4. The van der Waals surface area contributed by atoms with Gasteiger partial charge in [-0.2, -0.15) is 0 Å². The molecule has 0 spiro atoms. The molecule has 2 aliphatic rings. The molecule has 0 aliphatic carbocycles. The van der Waals surface area contributed by atoms with Crippen molar-refractivity contribution in [3.8, 4) is 23.0 Å². The summed E-state index contributed by atoms with van der Waals surface area (Å²) < 4.78 is 13.5. The minimum Gasteiger partial charge on any atom is -0.457 e. The summed E-state index contributed by atoms with van der Waals surface area (Å²) in [5, 5.41) is 15.8. The van der Waals surface area contributed by atoms with Crippen molar-refractivity contribution >= 4 is 111 Å². The summed E-state index contributed by atoms with van der Waals surface area (Å²) in [5.41, 5.74) is 11.9. The van der Waals surface area contributed by atoms with Gasteiger partial charge >= 0.3 is 0 Å². The number of hydrogen-bond acceptors (Lipinski definition) is 2. The standard InChI is InChI=1S/C34H29BO.C31H23BO/c1-20(2)25-18-26(21(3)4)27-19-31-34-29(17-15-22-14-16-24(25)33(27)32(22)34)35(23-10-6-5-7-11-23)28-12-8-9-13-30(28)36-31;1-19(2)23-15-13-21-18-28-31-26(17-14-20-12-16-24(23)29(21)30(20)31)32(22-8-4-3-5-9-22)25-10-6-7-11-27(25)33-28/h5-21H,1-4H3;3-19H,1-2H3. The summed E-state index contributed by atoms with van der Waals surface area (Å²) in [4.78, 5) is 0. The van der Waals surface area contributed by atoms with Gasteiger partial charge in [0.25, 0.3) is 0 Å². The summed E-state index contributed by atoms with van der Waals surface area (Å²) in [5.74, 6) is 5.17. The van der Waals surface area contributed by atoms with E-state index in [-0.39, 0.29) is 13.4 Å². The molecule has 0 amide bonds. The van der Waals surface area contributed by atoms with Gasteiger partial charge in [0.1, 0.15) is 23.0 Å². The fourth-order valence-electron chi connectivity index (χ4n) is 12.3. The lowest BCUT2D eigenvalue weighted by Gasteiger charge is -2.23. The van der Waals surface area contributed by atoms with Crippen LogP contribution in [0.25, 0.3) is 64.6 Å². The Morgan fingerprint density at radius 2 is 0.725 bits per heavy atom. The van der Waals surface area contributed by atoms with Crippen LogP contribution in [0.3, 0.4) is 0 Å². The van der Waals surface area contributed by atoms with Crippen molar-refractivity contribution < 1.29 is 9.47 Å². The first-order chi connectivity index (χ1) is 33.7. The SMILES string of the molecule is CC(C)c1cc(C(C)C)c2cc3c4c(ccc5ccc1c2c54)B(c1ccccc1)c1ccccc1O3.CC(C)c1ccc2cc3c4c(ccc5ccc1c2c54)B(c1ccccc1)c1ccccc1O3. The molecular weight excluding hydrogens is 834 g/mol. The molecule has 0 fully saturated rings. The lowest BCUT2D eigenvalue weighted by atomic mass is 9.36. The number of hydrogen-bond donors (Lipinski definition) is 0. The van der Waals surface area contributed by atoms with Gasteiger partial charge in [0.15, 0.2) is 0 Å². The topological polar surface area (TPSA) is 18.5 Å². The monoisotopic (exact) mass is 886 g/mol. The molecule has 0 unspecified atom stereocenters. The highest BCUT2D eigenvalue weighted by atomic mass is 16.5. The Bertz CT molecular complexity index is 3950. The summed E-state index contributed by atoms with van der Waals surface area (Å²) in [7, 11) is 0. The van der Waals surface area contributed by atoms with E-state index in [1.54, 1.807) is 0 Å². The maximum atomic E-state index is 6.84. The maximum absolute atomic E-state index is 6.84. The summed E-state index contributed by atoms with van der Waals surface area (Å²) in [6.45, 7) is 14.0. The molecule has 2 aliphatic heterocycles. The number of ether oxygens (including phenoxy) is 2. The Labute approximate surface area is 405 Å². The normalized spacial score (nSPS) is 13.1. The molecule has 0 saturated carbocycles. The third kappa shape index (κ3) is 6.41. The summed E-state index contributed by atoms with van der Waals surface area (Å²) in [6.07, 6.45) is 0. The second-order valence-electron chi connectivity index (χ2n) is 20.4. The highest BCUT2D eigenvalue weighted by Gasteiger charge is 2.34. The van der Waals surface area contributed by atoms with Crippen LogP contribution in [0.4, 0.5) is 0 Å². The molecule has 0 atom stereocenters. The largest absolute Gasteiger partial charge is 0.457 e. The minimum absolute atomic E-state index is 0.113. The zero-order valence-electron chi connectivity index (χ0n) is 40.1. The predicted molar refractivity (Wildman–Crippen MR) is 298 cm³/mol. The molecule has 12 aromatic carbocycles. The van der Waals surface area contributed by atoms with E-state index in [0.717, 1.165) is 23.0 Å². The first kappa shape index (κ1) is 41.6. The molecule has 2 nitrogen and oxygen atoms in total. The molecule has 2 heterocycles. The van der Waals surface area contributed by atoms with E-state index in [1.807, 2.05) is 0 Å². The van der Waals surface area contributed by atoms with Crippen LogP contribution in [0.5, 0.6) is 23.0 Å². The number of para-hydroxylation sites is 2. The molecular formula is C65H52B2O2. The fraction of sp³-hybridized carbons (Fsp3) is 0.138. The van der Waals surface area contributed by atoms with Gasteiger partial charge < -0.3 is 9.47 Å². The number of benzene rings is 12. The summed E-state index contributed by atoms with van der Waals surface area (Å²) in [6, 6.07) is 68.9. The van der Waals surface area contributed by atoms with Crippen molar-refractivity contribution in [2.75, 3.05) is 0 Å². The van der Waals surface area contributed by atoms with Crippen molar-refractivity contribution in [3.05, 3.63) is 205 Å². The van der Waals surface area contributed by atoms with Crippen molar-refractivity contribution in [3.63, 3.8) is 0 Å². The van der Waals surface area contributed by atoms with Crippen LogP contribution in [-0.4, -0.2) is 13.4 Å². The van der Waals surface area contributed by atoms with Gasteiger partial charge in [0.05, 0.1) is 0 Å². The molecule has 0 radical (unpaired) electrons. The van der Waals surface area contributed by atoms with E-state index in [9.17, 15) is 0 Å². The van der Waals surface area contributed by atoms with Crippen molar-refractivity contribution in [1.29, 1.82) is 0 Å². The smallest absolute Gasteiger partial charge is 0.247 e. The van der Waals surface area contributed by atoms with Crippen LogP contribution >= 0.6 is 0 Å². The van der Waals surface area contributed by atoms with Gasteiger partial charge in [-0.3, -0.25) is 0 Å². The fourth-order valence-corrected chi connectivity index (χ4v) is 12.3. The predicted octanol–water partition coefficient (Wildman–Crippen LogP) is 13.8. The van der Waals surface area contributed by atoms with Crippen LogP contribution in [0, 0.1) is 0 Å². The highest BCUT2D eigenvalue weighted by Crippen LogP contribution is 2.47. The molecule has 0 saturated heterocycles. The van der Waals surface area contributed by atoms with Crippen LogP contribution in [-0.2, 0) is 0 Å². The minimum atomic E-state index is 0.113. The number of fused-ring (bicyclic) bond motifs is 2. The van der Waals surface area contributed by atoms with Crippen LogP contribution < -0.4 is 42.3 Å². The van der Waals surface area contributed by atoms with Gasteiger partial charge in [-0.15, -0.1) is 0 Å². The lowest BCUT2D eigenvalue weighted by Crippen LogP contribution is -2.51. The Hall–Kier alpha value is -7.55. The van der Waals surface area contributed by atoms with Crippen molar-refractivity contribution in [2.45, 2.75) is 59.3 Å². The maximum Gasteiger partial charge on any atom is 0.247 e. The quantitative estimate of drug-likeness (QED) is 0.127. The number of rotatable bonds is 5. The highest BCUT2D eigenvalue weighted by molar-refractivity contribution is 6.98. The molecule has 330 valence electrons. The van der Waals surface area contributed by atoms with Gasteiger partial charge in [0.2, 0.25) is 13.4 Å². The average molecular weight is 887 g/mol. The average Bonchev–Trinajstić information content (AvgIpc) is 3.61. The Balaban J connectivity index is 0.000000136. The van der Waals surface area contributed by atoms with E-state index in [0.29, 0.717) is 17.8 Å². The van der Waals surface area contributed by atoms with Gasteiger partial charge in [0, 0.05) is 21.5 Å². The third-order valence-electron chi connectivity index (χ3n) is 15.4. The lowest BCUT2D eigenvalue weighted by molar-refractivity contribution is 0.493. The Morgan fingerprint density at radius 1 is 0.290 bits per heavy atom. The molecule has 0 aromatic heterocycles. The van der Waals surface area contributed by atoms with Crippen molar-refractivity contribution in [1.82, 2.24) is 0 Å². The molecule has 14 rings (SSSR count). The van der Waals surface area contributed by atoms with Gasteiger partial charge in [-0.1, -0.05) is 227 Å². The molecule has 69 heavy (non-hydrogen) atoms. The van der Waals surface area contributed by atoms with Crippen molar-refractivity contribution in [2.24, 2.45) is 0 Å². The van der Waals surface area contributed by atoms with E-state index in [2.05, 4.69) is 230 Å². The summed E-state index contributed by atoms with van der Waals surface area (Å²) >= 11 is 0. The van der Waals surface area contributed by atoms with E-state index in [4.69, 9.17) is 9.47 Å². The molecule has 0 bridgehead atoms. The van der Waals surface area contributed by atoms with Gasteiger partial charge in [-0.05, 0) is 113 Å². The van der Waals surface area contributed by atoms with Crippen LogP contribution in [0.1, 0.15) is 76.0 Å². The van der Waals surface area contributed by atoms with Crippen LogP contribution in [0.2, 0.25) is 0 Å².